The number of nitrogens with zero attached hydrogens (tertiary/aromatic N) is 1. The van der Waals surface area contributed by atoms with Gasteiger partial charge in [-0.25, -0.2) is 9.78 Å². The summed E-state index contributed by atoms with van der Waals surface area (Å²) in [5.74, 6) is -0.450. The van der Waals surface area contributed by atoms with Gasteiger partial charge in [0.1, 0.15) is 11.8 Å². The van der Waals surface area contributed by atoms with Crippen LogP contribution < -0.4 is 0 Å². The van der Waals surface area contributed by atoms with Gasteiger partial charge in [0.05, 0.1) is 38.6 Å². The average molecular weight is 304 g/mol. The monoisotopic (exact) mass is 303 g/mol. The van der Waals surface area contributed by atoms with Crippen LogP contribution in [0.3, 0.4) is 0 Å². The average Bonchev–Trinajstić information content (AvgIpc) is 2.45. The maximum atomic E-state index is 11.6. The molecule has 1 heterocycles. The molecule has 0 spiro atoms. The highest BCUT2D eigenvalue weighted by molar-refractivity contribution is 6.29. The van der Waals surface area contributed by atoms with Gasteiger partial charge in [-0.2, -0.15) is 0 Å². The van der Waals surface area contributed by atoms with Gasteiger partial charge in [0.25, 0.3) is 0 Å². The number of methoxy groups -OCH3 is 1. The van der Waals surface area contributed by atoms with Crippen LogP contribution in [0.4, 0.5) is 0 Å². The Balaban J connectivity index is 2.02. The molecule has 1 aromatic heterocycles. The predicted octanol–water partition coefficient (Wildman–Crippen LogP) is 1.57. The van der Waals surface area contributed by atoms with Crippen molar-refractivity contribution in [1.29, 1.82) is 0 Å². The summed E-state index contributed by atoms with van der Waals surface area (Å²) in [5, 5.41) is 0.254. The minimum Gasteiger partial charge on any atom is -0.460 e. The van der Waals surface area contributed by atoms with Crippen LogP contribution in [0.5, 0.6) is 0 Å². The van der Waals surface area contributed by atoms with Crippen molar-refractivity contribution < 1.29 is 23.7 Å². The quantitative estimate of drug-likeness (QED) is 0.371. The van der Waals surface area contributed by atoms with E-state index in [-0.39, 0.29) is 11.8 Å². The highest BCUT2D eigenvalue weighted by Crippen LogP contribution is 2.08. The second-order valence-corrected chi connectivity index (χ2v) is 4.11. The fraction of sp³-hybridized carbons (Fsp3) is 0.538. The zero-order valence-electron chi connectivity index (χ0n) is 11.3. The van der Waals surface area contributed by atoms with E-state index in [9.17, 15) is 4.79 Å². The van der Waals surface area contributed by atoms with Crippen LogP contribution in [0.1, 0.15) is 10.4 Å². The summed E-state index contributed by atoms with van der Waals surface area (Å²) >= 11 is 5.68. The lowest BCUT2D eigenvalue weighted by atomic mass is 10.3. The lowest BCUT2D eigenvalue weighted by molar-refractivity contribution is 0.00570. The van der Waals surface area contributed by atoms with E-state index >= 15 is 0 Å². The molecule has 0 N–H and O–H groups in total. The molecule has 0 amide bonds. The third kappa shape index (κ3) is 7.40. The van der Waals surface area contributed by atoms with Gasteiger partial charge < -0.3 is 18.9 Å². The largest absolute Gasteiger partial charge is 0.460 e. The maximum absolute atomic E-state index is 11.6. The maximum Gasteiger partial charge on any atom is 0.338 e. The Labute approximate surface area is 122 Å². The third-order valence-electron chi connectivity index (χ3n) is 2.23. The zero-order valence-corrected chi connectivity index (χ0v) is 12.1. The lowest BCUT2D eigenvalue weighted by Gasteiger charge is -2.07. The van der Waals surface area contributed by atoms with E-state index in [1.54, 1.807) is 13.2 Å². The number of aromatic nitrogens is 1. The molecular formula is C13H18ClNO5. The van der Waals surface area contributed by atoms with E-state index in [4.69, 9.17) is 30.5 Å². The van der Waals surface area contributed by atoms with Crippen molar-refractivity contribution >= 4 is 17.6 Å². The molecule has 0 bridgehead atoms. The van der Waals surface area contributed by atoms with Crippen molar-refractivity contribution in [3.05, 3.63) is 29.0 Å². The van der Waals surface area contributed by atoms with E-state index in [0.717, 1.165) is 0 Å². The van der Waals surface area contributed by atoms with Gasteiger partial charge >= 0.3 is 5.97 Å². The van der Waals surface area contributed by atoms with Crippen molar-refractivity contribution in [2.45, 2.75) is 0 Å². The Morgan fingerprint density at radius 1 is 1.15 bits per heavy atom. The van der Waals surface area contributed by atoms with E-state index < -0.39 is 5.97 Å². The first-order chi connectivity index (χ1) is 9.74. The van der Waals surface area contributed by atoms with Gasteiger partial charge in [-0.15, -0.1) is 0 Å². The minimum absolute atomic E-state index is 0.177. The van der Waals surface area contributed by atoms with Crippen molar-refractivity contribution in [3.8, 4) is 0 Å². The molecule has 0 atom stereocenters. The first-order valence-corrected chi connectivity index (χ1v) is 6.55. The van der Waals surface area contributed by atoms with Crippen LogP contribution in [0.2, 0.25) is 5.15 Å². The molecule has 0 aliphatic heterocycles. The second-order valence-electron chi connectivity index (χ2n) is 3.72. The molecule has 1 rings (SSSR count). The first-order valence-electron chi connectivity index (χ1n) is 6.17. The summed E-state index contributed by atoms with van der Waals surface area (Å²) in [6.07, 6.45) is 1.45. The van der Waals surface area contributed by atoms with Crippen molar-refractivity contribution in [3.63, 3.8) is 0 Å². The number of halogens is 1. The van der Waals surface area contributed by atoms with Gasteiger partial charge in [0, 0.05) is 13.3 Å². The Morgan fingerprint density at radius 2 is 1.80 bits per heavy atom. The fourth-order valence-electron chi connectivity index (χ4n) is 1.27. The Morgan fingerprint density at radius 3 is 2.45 bits per heavy atom. The predicted molar refractivity (Wildman–Crippen MR) is 73.0 cm³/mol. The molecule has 0 aliphatic rings. The third-order valence-corrected chi connectivity index (χ3v) is 2.43. The van der Waals surface area contributed by atoms with Gasteiger partial charge in [-0.05, 0) is 12.1 Å². The topological polar surface area (TPSA) is 66.9 Å². The summed E-state index contributed by atoms with van der Waals surface area (Å²) in [5.41, 5.74) is 0.368. The van der Waals surface area contributed by atoms with Crippen LogP contribution in [-0.2, 0) is 18.9 Å². The normalized spacial score (nSPS) is 10.5. The van der Waals surface area contributed by atoms with Crippen molar-refractivity contribution in [2.24, 2.45) is 0 Å². The first kappa shape index (κ1) is 16.8. The molecule has 0 fully saturated rings. The number of hydrogen-bond acceptors (Lipinski definition) is 6. The molecule has 20 heavy (non-hydrogen) atoms. The SMILES string of the molecule is COCCOCCOCCOC(=O)c1ccnc(Cl)c1. The van der Waals surface area contributed by atoms with Gasteiger partial charge in [-0.3, -0.25) is 0 Å². The van der Waals surface area contributed by atoms with E-state index in [0.29, 0.717) is 38.6 Å². The van der Waals surface area contributed by atoms with Gasteiger partial charge in [-0.1, -0.05) is 11.6 Å². The van der Waals surface area contributed by atoms with Crippen LogP contribution in [0.25, 0.3) is 0 Å². The number of ether oxygens (including phenoxy) is 4. The summed E-state index contributed by atoms with van der Waals surface area (Å²) in [6, 6.07) is 2.99. The van der Waals surface area contributed by atoms with Crippen molar-refractivity contribution in [2.75, 3.05) is 46.8 Å². The van der Waals surface area contributed by atoms with Gasteiger partial charge in [0.2, 0.25) is 0 Å². The minimum atomic E-state index is -0.450. The Bertz CT molecular complexity index is 402. The summed E-state index contributed by atoms with van der Waals surface area (Å²) in [6.45, 7) is 2.53. The Kier molecular flexibility index (Phi) is 8.90. The summed E-state index contributed by atoms with van der Waals surface area (Å²) in [4.78, 5) is 15.4. The number of carbonyl (C=O) groups is 1. The molecule has 112 valence electrons. The standard InChI is InChI=1S/C13H18ClNO5/c1-17-4-5-18-6-7-19-8-9-20-13(16)11-2-3-15-12(14)10-11/h2-3,10H,4-9H2,1H3. The fourth-order valence-corrected chi connectivity index (χ4v) is 1.44. The highest BCUT2D eigenvalue weighted by atomic mass is 35.5. The number of carbonyl (C=O) groups excluding carboxylic acids is 1. The molecule has 0 saturated carbocycles. The molecular weight excluding hydrogens is 286 g/mol. The number of rotatable bonds is 10. The van der Waals surface area contributed by atoms with Crippen LogP contribution in [0, 0.1) is 0 Å². The molecule has 1 aromatic rings. The summed E-state index contributed by atoms with van der Waals surface area (Å²) < 4.78 is 20.3. The second kappa shape index (κ2) is 10.6. The molecule has 6 nitrogen and oxygen atoms in total. The van der Waals surface area contributed by atoms with E-state index in [1.165, 1.54) is 12.3 Å². The molecule has 0 saturated heterocycles. The number of esters is 1. The number of hydrogen-bond donors (Lipinski definition) is 0. The van der Waals surface area contributed by atoms with Crippen LogP contribution in [-0.4, -0.2) is 57.7 Å². The molecule has 0 radical (unpaired) electrons. The number of pyridine rings is 1. The molecule has 0 unspecified atom stereocenters. The summed E-state index contributed by atoms with van der Waals surface area (Å²) in [7, 11) is 1.62. The highest BCUT2D eigenvalue weighted by Gasteiger charge is 2.07. The van der Waals surface area contributed by atoms with E-state index in [2.05, 4.69) is 4.98 Å². The molecule has 7 heteroatoms. The Hall–Kier alpha value is -1.21. The van der Waals surface area contributed by atoms with Crippen molar-refractivity contribution in [1.82, 2.24) is 4.98 Å². The van der Waals surface area contributed by atoms with Crippen LogP contribution in [0.15, 0.2) is 18.3 Å². The van der Waals surface area contributed by atoms with E-state index in [1.807, 2.05) is 0 Å². The molecule has 0 aliphatic carbocycles. The smallest absolute Gasteiger partial charge is 0.338 e. The lowest BCUT2D eigenvalue weighted by Crippen LogP contribution is -2.14. The zero-order chi connectivity index (χ0) is 14.6. The van der Waals surface area contributed by atoms with Gasteiger partial charge in [0.15, 0.2) is 0 Å². The molecule has 0 aromatic carbocycles. The van der Waals surface area contributed by atoms with Crippen LogP contribution >= 0.6 is 11.6 Å².